The summed E-state index contributed by atoms with van der Waals surface area (Å²) >= 11 is 0. The minimum atomic E-state index is -1.06. The first kappa shape index (κ1) is 19.3. The highest BCUT2D eigenvalue weighted by atomic mass is 16.5. The third-order valence-corrected chi connectivity index (χ3v) is 4.40. The molecule has 2 heterocycles. The number of ether oxygens (including phenoxy) is 1. The average molecular weight is 382 g/mol. The van der Waals surface area contributed by atoms with E-state index in [1.54, 1.807) is 17.7 Å². The fraction of sp³-hybridized carbons (Fsp3) is 0.300. The zero-order chi connectivity index (χ0) is 20.1. The summed E-state index contributed by atoms with van der Waals surface area (Å²) in [5, 5.41) is 13.0. The van der Waals surface area contributed by atoms with E-state index >= 15 is 0 Å². The molecule has 0 saturated heterocycles. The number of hydrogen-bond donors (Lipinski definition) is 2. The standard InChI is InChI=1S/C20H22N4O4/c1-3-16(23-20(27)28-12-14-7-5-4-6-8-14)11-24-17(19(25)26)9-15-10-21-13(2)22-18(15)24/h4-10,16H,3,11-12H2,1-2H3,(H,23,27)(H,25,26). The van der Waals surface area contributed by atoms with Gasteiger partial charge in [-0.1, -0.05) is 37.3 Å². The Labute approximate surface area is 162 Å². The summed E-state index contributed by atoms with van der Waals surface area (Å²) in [6.45, 7) is 4.09. The Kier molecular flexibility index (Phi) is 5.88. The summed E-state index contributed by atoms with van der Waals surface area (Å²) in [6, 6.07) is 10.6. The summed E-state index contributed by atoms with van der Waals surface area (Å²) in [5.74, 6) is -0.510. The van der Waals surface area contributed by atoms with E-state index in [9.17, 15) is 14.7 Å². The molecule has 8 nitrogen and oxygen atoms in total. The van der Waals surface area contributed by atoms with Gasteiger partial charge < -0.3 is 19.7 Å². The molecule has 146 valence electrons. The van der Waals surface area contributed by atoms with Crippen LogP contribution in [0.25, 0.3) is 11.0 Å². The molecule has 0 fully saturated rings. The number of hydrogen-bond acceptors (Lipinski definition) is 5. The first-order chi connectivity index (χ1) is 13.5. The molecule has 0 aliphatic heterocycles. The molecule has 0 aliphatic carbocycles. The average Bonchev–Trinajstić information content (AvgIpc) is 3.04. The Morgan fingerprint density at radius 3 is 2.71 bits per heavy atom. The van der Waals surface area contributed by atoms with E-state index < -0.39 is 12.1 Å². The van der Waals surface area contributed by atoms with E-state index in [1.165, 1.54) is 6.07 Å². The quantitative estimate of drug-likeness (QED) is 0.650. The molecule has 3 rings (SSSR count). The number of aromatic carboxylic acids is 1. The maximum absolute atomic E-state index is 12.2. The van der Waals surface area contributed by atoms with Crippen LogP contribution in [0.5, 0.6) is 0 Å². The van der Waals surface area contributed by atoms with Crippen molar-refractivity contribution < 1.29 is 19.4 Å². The van der Waals surface area contributed by atoms with Crippen molar-refractivity contribution in [1.29, 1.82) is 0 Å². The number of amides is 1. The van der Waals surface area contributed by atoms with Gasteiger partial charge in [0.15, 0.2) is 0 Å². The molecular formula is C20H22N4O4. The topological polar surface area (TPSA) is 106 Å². The van der Waals surface area contributed by atoms with Crippen molar-refractivity contribution in [3.63, 3.8) is 0 Å². The van der Waals surface area contributed by atoms with E-state index in [4.69, 9.17) is 4.74 Å². The first-order valence-corrected chi connectivity index (χ1v) is 9.01. The molecule has 1 aromatic carbocycles. The van der Waals surface area contributed by atoms with Crippen LogP contribution >= 0.6 is 0 Å². The summed E-state index contributed by atoms with van der Waals surface area (Å²) in [5.41, 5.74) is 1.53. The van der Waals surface area contributed by atoms with Crippen LogP contribution in [0.4, 0.5) is 4.79 Å². The summed E-state index contributed by atoms with van der Waals surface area (Å²) < 4.78 is 6.86. The lowest BCUT2D eigenvalue weighted by atomic mass is 10.2. The Hall–Kier alpha value is -3.42. The lowest BCUT2D eigenvalue weighted by molar-refractivity contribution is 0.0685. The molecule has 0 saturated carbocycles. The van der Waals surface area contributed by atoms with Crippen molar-refractivity contribution >= 4 is 23.1 Å². The lowest BCUT2D eigenvalue weighted by Crippen LogP contribution is -2.38. The van der Waals surface area contributed by atoms with Crippen molar-refractivity contribution in [1.82, 2.24) is 19.9 Å². The fourth-order valence-corrected chi connectivity index (χ4v) is 2.92. The molecule has 0 bridgehead atoms. The number of benzene rings is 1. The van der Waals surface area contributed by atoms with Gasteiger partial charge in [-0.15, -0.1) is 0 Å². The molecule has 1 unspecified atom stereocenters. The number of carbonyl (C=O) groups is 2. The van der Waals surface area contributed by atoms with Gasteiger partial charge in [0.2, 0.25) is 0 Å². The third-order valence-electron chi connectivity index (χ3n) is 4.40. The number of fused-ring (bicyclic) bond motifs is 1. The van der Waals surface area contributed by atoms with Gasteiger partial charge in [0, 0.05) is 24.2 Å². The zero-order valence-corrected chi connectivity index (χ0v) is 15.8. The molecule has 2 aromatic heterocycles. The van der Waals surface area contributed by atoms with Gasteiger partial charge in [0.1, 0.15) is 23.8 Å². The number of nitrogens with one attached hydrogen (secondary N) is 1. The number of aryl methyl sites for hydroxylation is 1. The molecule has 8 heteroatoms. The van der Waals surface area contributed by atoms with Crippen LogP contribution in [-0.2, 0) is 17.9 Å². The van der Waals surface area contributed by atoms with Gasteiger partial charge in [-0.25, -0.2) is 19.6 Å². The second kappa shape index (κ2) is 8.51. The van der Waals surface area contributed by atoms with Crippen LogP contribution < -0.4 is 5.32 Å². The normalized spacial score (nSPS) is 11.9. The smallest absolute Gasteiger partial charge is 0.407 e. The predicted octanol–water partition coefficient (Wildman–Crippen LogP) is 3.14. The number of carbonyl (C=O) groups excluding carboxylic acids is 1. The third kappa shape index (κ3) is 4.46. The molecule has 3 aromatic rings. The van der Waals surface area contributed by atoms with Gasteiger partial charge in [-0.2, -0.15) is 0 Å². The van der Waals surface area contributed by atoms with E-state index in [0.29, 0.717) is 23.3 Å². The molecule has 1 amide bonds. The van der Waals surface area contributed by atoms with E-state index in [1.807, 2.05) is 37.3 Å². The second-order valence-corrected chi connectivity index (χ2v) is 6.45. The number of nitrogens with zero attached hydrogens (tertiary/aromatic N) is 3. The van der Waals surface area contributed by atoms with Crippen molar-refractivity contribution in [3.05, 3.63) is 59.7 Å². The van der Waals surface area contributed by atoms with Crippen molar-refractivity contribution in [3.8, 4) is 0 Å². The maximum atomic E-state index is 12.2. The highest BCUT2D eigenvalue weighted by molar-refractivity contribution is 5.93. The SMILES string of the molecule is CCC(Cn1c(C(=O)O)cc2cnc(C)nc21)NC(=O)OCc1ccccc1. The van der Waals surface area contributed by atoms with Crippen LogP contribution in [-0.4, -0.2) is 37.7 Å². The Morgan fingerprint density at radius 2 is 2.04 bits per heavy atom. The van der Waals surface area contributed by atoms with Crippen molar-refractivity contribution in [2.24, 2.45) is 0 Å². The van der Waals surface area contributed by atoms with Crippen LogP contribution in [0.2, 0.25) is 0 Å². The van der Waals surface area contributed by atoms with Gasteiger partial charge in [0.05, 0.1) is 0 Å². The highest BCUT2D eigenvalue weighted by Crippen LogP contribution is 2.19. The number of carboxylic acid groups (broad SMARTS) is 1. The van der Waals surface area contributed by atoms with Gasteiger partial charge >= 0.3 is 12.1 Å². The number of alkyl carbamates (subject to hydrolysis) is 1. The monoisotopic (exact) mass is 382 g/mol. The summed E-state index contributed by atoms with van der Waals surface area (Å²) in [6.07, 6.45) is 1.65. The summed E-state index contributed by atoms with van der Waals surface area (Å²) in [4.78, 5) is 32.3. The van der Waals surface area contributed by atoms with E-state index in [2.05, 4.69) is 15.3 Å². The second-order valence-electron chi connectivity index (χ2n) is 6.45. The van der Waals surface area contributed by atoms with E-state index in [0.717, 1.165) is 5.56 Å². The Bertz CT molecular complexity index is 985. The minimum absolute atomic E-state index is 0.104. The van der Waals surface area contributed by atoms with Gasteiger partial charge in [-0.05, 0) is 25.0 Å². The van der Waals surface area contributed by atoms with Crippen molar-refractivity contribution in [2.75, 3.05) is 0 Å². The molecular weight excluding hydrogens is 360 g/mol. The van der Waals surface area contributed by atoms with Gasteiger partial charge in [-0.3, -0.25) is 0 Å². The van der Waals surface area contributed by atoms with Crippen LogP contribution in [0, 0.1) is 6.92 Å². The minimum Gasteiger partial charge on any atom is -0.477 e. The number of aromatic nitrogens is 3. The molecule has 2 N–H and O–H groups in total. The molecule has 0 spiro atoms. The molecule has 0 radical (unpaired) electrons. The largest absolute Gasteiger partial charge is 0.477 e. The van der Waals surface area contributed by atoms with Crippen LogP contribution in [0.15, 0.2) is 42.6 Å². The first-order valence-electron chi connectivity index (χ1n) is 9.01. The lowest BCUT2D eigenvalue weighted by Gasteiger charge is -2.19. The number of rotatable bonds is 7. The van der Waals surface area contributed by atoms with Gasteiger partial charge in [0.25, 0.3) is 0 Å². The van der Waals surface area contributed by atoms with Crippen LogP contribution in [0.1, 0.15) is 35.2 Å². The van der Waals surface area contributed by atoms with Crippen LogP contribution in [0.3, 0.4) is 0 Å². The molecule has 0 aliphatic rings. The number of carboxylic acids is 1. The Morgan fingerprint density at radius 1 is 1.29 bits per heavy atom. The summed E-state index contributed by atoms with van der Waals surface area (Å²) in [7, 11) is 0. The molecule has 1 atom stereocenters. The molecule has 28 heavy (non-hydrogen) atoms. The zero-order valence-electron chi connectivity index (χ0n) is 15.8. The van der Waals surface area contributed by atoms with Crippen molar-refractivity contribution in [2.45, 2.75) is 39.5 Å². The predicted molar refractivity (Wildman–Crippen MR) is 103 cm³/mol. The maximum Gasteiger partial charge on any atom is 0.407 e. The Balaban J connectivity index is 1.73. The fourth-order valence-electron chi connectivity index (χ4n) is 2.92. The van der Waals surface area contributed by atoms with E-state index in [-0.39, 0.29) is 24.9 Å². The highest BCUT2D eigenvalue weighted by Gasteiger charge is 2.20.